The lowest BCUT2D eigenvalue weighted by Crippen LogP contribution is -2.28. The molecule has 0 saturated heterocycles. The largest absolute Gasteiger partial charge is 0.493 e. The molecule has 0 aliphatic heterocycles. The number of carbonyl (C=O) groups excluding carboxylic acids is 2. The average Bonchev–Trinajstić information content (AvgIpc) is 2.68. The molecule has 2 aromatic carbocycles. The number of hydrogen-bond acceptors (Lipinski definition) is 5. The summed E-state index contributed by atoms with van der Waals surface area (Å²) in [7, 11) is 3.10. The van der Waals surface area contributed by atoms with Crippen molar-refractivity contribution in [3.8, 4) is 11.5 Å². The van der Waals surface area contributed by atoms with Crippen molar-refractivity contribution in [3.05, 3.63) is 64.1 Å². The van der Waals surface area contributed by atoms with E-state index in [2.05, 4.69) is 21.2 Å². The molecule has 0 unspecified atom stereocenters. The first-order valence-corrected chi connectivity index (χ1v) is 8.89. The lowest BCUT2D eigenvalue weighted by molar-refractivity contribution is -0.143. The Morgan fingerprint density at radius 3 is 2.56 bits per heavy atom. The number of esters is 1. The Labute approximate surface area is 166 Å². The molecule has 0 atom stereocenters. The lowest BCUT2D eigenvalue weighted by Gasteiger charge is -2.10. The van der Waals surface area contributed by atoms with Crippen molar-refractivity contribution in [2.75, 3.05) is 20.8 Å². The van der Waals surface area contributed by atoms with E-state index in [4.69, 9.17) is 14.2 Å². The van der Waals surface area contributed by atoms with Crippen molar-refractivity contribution >= 4 is 33.9 Å². The smallest absolute Gasteiger partial charge is 0.331 e. The first-order chi connectivity index (χ1) is 13.0. The number of halogens is 1. The molecule has 0 spiro atoms. The van der Waals surface area contributed by atoms with E-state index in [9.17, 15) is 9.59 Å². The van der Waals surface area contributed by atoms with E-state index >= 15 is 0 Å². The Morgan fingerprint density at radius 1 is 1.07 bits per heavy atom. The van der Waals surface area contributed by atoms with Gasteiger partial charge < -0.3 is 19.5 Å². The van der Waals surface area contributed by atoms with Crippen molar-refractivity contribution in [3.63, 3.8) is 0 Å². The number of rotatable bonds is 8. The highest BCUT2D eigenvalue weighted by Gasteiger charge is 2.08. The van der Waals surface area contributed by atoms with E-state index in [1.807, 2.05) is 30.3 Å². The van der Waals surface area contributed by atoms with Gasteiger partial charge in [0.1, 0.15) is 0 Å². The van der Waals surface area contributed by atoms with Gasteiger partial charge >= 0.3 is 5.97 Å². The van der Waals surface area contributed by atoms with Crippen LogP contribution in [0.3, 0.4) is 0 Å². The van der Waals surface area contributed by atoms with Gasteiger partial charge in [0.05, 0.1) is 14.2 Å². The van der Waals surface area contributed by atoms with E-state index in [1.54, 1.807) is 32.4 Å². The van der Waals surface area contributed by atoms with Gasteiger partial charge in [0.25, 0.3) is 5.91 Å². The minimum Gasteiger partial charge on any atom is -0.493 e. The van der Waals surface area contributed by atoms with Crippen LogP contribution < -0.4 is 14.8 Å². The van der Waals surface area contributed by atoms with Crippen LogP contribution in [0.4, 0.5) is 0 Å². The van der Waals surface area contributed by atoms with Crippen molar-refractivity contribution < 1.29 is 23.8 Å². The fraction of sp³-hybridized carbons (Fsp3) is 0.200. The molecule has 7 heteroatoms. The minimum absolute atomic E-state index is 0.282. The molecule has 1 amide bonds. The number of ether oxygens (including phenoxy) is 3. The minimum atomic E-state index is -0.587. The number of hydrogen-bond donors (Lipinski definition) is 1. The number of carbonyl (C=O) groups is 2. The first-order valence-electron chi connectivity index (χ1n) is 8.10. The topological polar surface area (TPSA) is 73.9 Å². The predicted octanol–water partition coefficient (Wildman–Crippen LogP) is 3.34. The summed E-state index contributed by atoms with van der Waals surface area (Å²) in [5.74, 6) is 0.206. The Balaban J connectivity index is 1.78. The van der Waals surface area contributed by atoms with Crippen molar-refractivity contribution in [1.29, 1.82) is 0 Å². The van der Waals surface area contributed by atoms with Crippen LogP contribution in [-0.2, 0) is 20.9 Å². The van der Waals surface area contributed by atoms with Gasteiger partial charge in [-0.05, 0) is 41.5 Å². The van der Waals surface area contributed by atoms with Gasteiger partial charge in [0.15, 0.2) is 18.1 Å². The van der Waals surface area contributed by atoms with Crippen LogP contribution in [0, 0.1) is 0 Å². The monoisotopic (exact) mass is 433 g/mol. The van der Waals surface area contributed by atoms with Crippen molar-refractivity contribution in [2.24, 2.45) is 0 Å². The summed E-state index contributed by atoms with van der Waals surface area (Å²) in [5.41, 5.74) is 1.68. The van der Waals surface area contributed by atoms with E-state index < -0.39 is 11.9 Å². The predicted molar refractivity (Wildman–Crippen MR) is 106 cm³/mol. The molecule has 2 rings (SSSR count). The fourth-order valence-corrected chi connectivity index (χ4v) is 2.62. The second kappa shape index (κ2) is 10.4. The Bertz CT molecular complexity index is 835. The molecule has 0 saturated carbocycles. The van der Waals surface area contributed by atoms with Gasteiger partial charge in [-0.15, -0.1) is 0 Å². The van der Waals surface area contributed by atoms with Gasteiger partial charge in [0, 0.05) is 17.1 Å². The van der Waals surface area contributed by atoms with Crippen LogP contribution in [0.5, 0.6) is 11.5 Å². The summed E-state index contributed by atoms with van der Waals surface area (Å²) < 4.78 is 16.2. The maximum Gasteiger partial charge on any atom is 0.331 e. The van der Waals surface area contributed by atoms with E-state index in [1.165, 1.54) is 6.08 Å². The third-order valence-electron chi connectivity index (χ3n) is 3.54. The summed E-state index contributed by atoms with van der Waals surface area (Å²) in [4.78, 5) is 23.5. The molecule has 2 aromatic rings. The zero-order valence-electron chi connectivity index (χ0n) is 15.0. The summed E-state index contributed by atoms with van der Waals surface area (Å²) in [5, 5.41) is 2.68. The summed E-state index contributed by atoms with van der Waals surface area (Å²) in [6, 6.07) is 12.8. The highest BCUT2D eigenvalue weighted by Crippen LogP contribution is 2.27. The van der Waals surface area contributed by atoms with Crippen LogP contribution in [0.2, 0.25) is 0 Å². The normalized spacial score (nSPS) is 10.5. The molecule has 0 bridgehead atoms. The molecule has 0 radical (unpaired) electrons. The molecule has 1 N–H and O–H groups in total. The summed E-state index contributed by atoms with van der Waals surface area (Å²) in [6.45, 7) is -0.0699. The highest BCUT2D eigenvalue weighted by molar-refractivity contribution is 9.10. The van der Waals surface area contributed by atoms with E-state index in [-0.39, 0.29) is 13.2 Å². The molecule has 0 aliphatic carbocycles. The number of nitrogens with one attached hydrogen (secondary N) is 1. The zero-order valence-corrected chi connectivity index (χ0v) is 16.6. The van der Waals surface area contributed by atoms with E-state index in [0.29, 0.717) is 11.5 Å². The van der Waals surface area contributed by atoms with Crippen molar-refractivity contribution in [2.45, 2.75) is 6.54 Å². The molecule has 0 aromatic heterocycles. The average molecular weight is 434 g/mol. The third-order valence-corrected chi connectivity index (χ3v) is 4.04. The summed E-state index contributed by atoms with van der Waals surface area (Å²) >= 11 is 3.35. The van der Waals surface area contributed by atoms with Crippen molar-refractivity contribution in [1.82, 2.24) is 5.32 Å². The maximum atomic E-state index is 11.8. The Kier molecular flexibility index (Phi) is 7.88. The second-order valence-corrected chi connectivity index (χ2v) is 6.38. The fourth-order valence-electron chi connectivity index (χ4n) is 2.20. The van der Waals surface area contributed by atoms with Crippen LogP contribution in [-0.4, -0.2) is 32.7 Å². The van der Waals surface area contributed by atoms with Gasteiger partial charge in [-0.25, -0.2) is 4.79 Å². The van der Waals surface area contributed by atoms with Crippen LogP contribution >= 0.6 is 15.9 Å². The number of methoxy groups -OCH3 is 2. The van der Waals surface area contributed by atoms with Gasteiger partial charge in [-0.1, -0.05) is 34.1 Å². The van der Waals surface area contributed by atoms with Crippen LogP contribution in [0.1, 0.15) is 11.1 Å². The van der Waals surface area contributed by atoms with Gasteiger partial charge in [-0.3, -0.25) is 4.79 Å². The first kappa shape index (κ1) is 20.5. The molecule has 27 heavy (non-hydrogen) atoms. The maximum absolute atomic E-state index is 11.8. The SMILES string of the molecule is COc1ccc(CNC(=O)COC(=O)C=Cc2cccc(Br)c2)cc1OC. The zero-order chi connectivity index (χ0) is 19.6. The highest BCUT2D eigenvalue weighted by atomic mass is 79.9. The molecular formula is C20H20BrNO5. The second-order valence-electron chi connectivity index (χ2n) is 5.46. The Hall–Kier alpha value is -2.80. The standard InChI is InChI=1S/C20H20BrNO5/c1-25-17-8-6-15(11-18(17)26-2)12-22-19(23)13-27-20(24)9-7-14-4-3-5-16(21)10-14/h3-11H,12-13H2,1-2H3,(H,22,23). The van der Waals surface area contributed by atoms with Gasteiger partial charge in [-0.2, -0.15) is 0 Å². The summed E-state index contributed by atoms with van der Waals surface area (Å²) in [6.07, 6.45) is 2.90. The molecule has 0 aliphatic rings. The molecule has 142 valence electrons. The molecule has 6 nitrogen and oxygen atoms in total. The lowest BCUT2D eigenvalue weighted by atomic mass is 10.2. The molecule has 0 heterocycles. The molecular weight excluding hydrogens is 414 g/mol. The number of amides is 1. The molecule has 0 fully saturated rings. The Morgan fingerprint density at radius 2 is 1.85 bits per heavy atom. The number of benzene rings is 2. The van der Waals surface area contributed by atoms with Gasteiger partial charge in [0.2, 0.25) is 0 Å². The quantitative estimate of drug-likeness (QED) is 0.510. The third kappa shape index (κ3) is 6.79. The van der Waals surface area contributed by atoms with Crippen LogP contribution in [0.25, 0.3) is 6.08 Å². The van der Waals surface area contributed by atoms with Crippen LogP contribution in [0.15, 0.2) is 53.0 Å². The van der Waals surface area contributed by atoms with E-state index in [0.717, 1.165) is 15.6 Å².